The number of esters is 4. The van der Waals surface area contributed by atoms with Crippen LogP contribution in [-0.4, -0.2) is 67.8 Å². The van der Waals surface area contributed by atoms with E-state index in [-0.39, 0.29) is 16.9 Å². The van der Waals surface area contributed by atoms with Crippen LogP contribution in [0.2, 0.25) is 0 Å². The van der Waals surface area contributed by atoms with Crippen LogP contribution < -0.4 is 0 Å². The molecule has 8 atom stereocenters. The molecule has 33 heavy (non-hydrogen) atoms. The fourth-order valence-electron chi connectivity index (χ4n) is 5.69. The summed E-state index contributed by atoms with van der Waals surface area (Å²) in [5, 5.41) is 0. The quantitative estimate of drug-likeness (QED) is 0.420. The third-order valence-electron chi connectivity index (χ3n) is 7.85. The fraction of sp³-hybridized carbons (Fsp3) is 0.826. The van der Waals surface area contributed by atoms with Crippen molar-refractivity contribution >= 4 is 23.9 Å². The van der Waals surface area contributed by atoms with Gasteiger partial charge >= 0.3 is 23.9 Å². The molecular formula is C23H34O10. The molecule has 3 aliphatic rings. The highest BCUT2D eigenvalue weighted by Crippen LogP contribution is 2.66. The lowest BCUT2D eigenvalue weighted by atomic mass is 9.70. The van der Waals surface area contributed by atoms with Crippen molar-refractivity contribution in [3.05, 3.63) is 0 Å². The van der Waals surface area contributed by atoms with E-state index >= 15 is 0 Å². The van der Waals surface area contributed by atoms with Gasteiger partial charge in [0.05, 0.1) is 13.2 Å². The van der Waals surface area contributed by atoms with Crippen LogP contribution in [-0.2, 0) is 47.6 Å². The van der Waals surface area contributed by atoms with Crippen LogP contribution in [0.4, 0.5) is 0 Å². The number of hydrogen-bond acceptors (Lipinski definition) is 10. The molecule has 2 bridgehead atoms. The lowest BCUT2D eigenvalue weighted by Gasteiger charge is -2.46. The molecule has 2 aliphatic carbocycles. The summed E-state index contributed by atoms with van der Waals surface area (Å²) in [5.74, 6) is -2.51. The largest absolute Gasteiger partial charge is 0.467 e. The van der Waals surface area contributed by atoms with Gasteiger partial charge in [0.1, 0.15) is 0 Å². The zero-order chi connectivity index (χ0) is 24.7. The highest BCUT2D eigenvalue weighted by molar-refractivity contribution is 5.77. The summed E-state index contributed by atoms with van der Waals surface area (Å²) in [4.78, 5) is 48.2. The van der Waals surface area contributed by atoms with Crippen molar-refractivity contribution in [3.63, 3.8) is 0 Å². The van der Waals surface area contributed by atoms with Crippen LogP contribution in [0.1, 0.15) is 60.8 Å². The maximum Gasteiger partial charge on any atom is 0.339 e. The van der Waals surface area contributed by atoms with E-state index in [4.69, 9.17) is 28.4 Å². The first-order valence-electron chi connectivity index (χ1n) is 11.2. The van der Waals surface area contributed by atoms with Gasteiger partial charge in [-0.3, -0.25) is 14.4 Å². The number of rotatable bonds is 6. The van der Waals surface area contributed by atoms with Crippen LogP contribution in [0, 0.1) is 16.7 Å². The number of carbonyl (C=O) groups is 4. The molecule has 0 unspecified atom stereocenters. The Bertz CT molecular complexity index is 807. The van der Waals surface area contributed by atoms with Gasteiger partial charge in [0, 0.05) is 20.8 Å². The first-order chi connectivity index (χ1) is 15.3. The zero-order valence-electron chi connectivity index (χ0n) is 20.2. The van der Waals surface area contributed by atoms with E-state index < -0.39 is 54.6 Å². The first kappa shape index (κ1) is 25.4. The monoisotopic (exact) mass is 470 g/mol. The van der Waals surface area contributed by atoms with E-state index in [1.54, 1.807) is 0 Å². The number of ether oxygens (including phenoxy) is 6. The summed E-state index contributed by atoms with van der Waals surface area (Å²) in [7, 11) is 1.16. The molecule has 0 amide bonds. The SMILES string of the molecule is COC(=O)[C@H]1O[C@H](O[C@@H]2C[C@@H]3CC[C@@]2(C)C3(C)C)[C@H](OC(C)=O)[C@@H](OC(C)=O)[C@@H]1OC(C)=O. The van der Waals surface area contributed by atoms with Crippen LogP contribution >= 0.6 is 0 Å². The summed E-state index contributed by atoms with van der Waals surface area (Å²) < 4.78 is 33.3. The van der Waals surface area contributed by atoms with E-state index in [0.29, 0.717) is 5.92 Å². The van der Waals surface area contributed by atoms with E-state index in [0.717, 1.165) is 40.2 Å². The normalized spacial score (nSPS) is 38.9. The Morgan fingerprint density at radius 3 is 1.85 bits per heavy atom. The Morgan fingerprint density at radius 1 is 0.848 bits per heavy atom. The van der Waals surface area contributed by atoms with Crippen molar-refractivity contribution in [1.82, 2.24) is 0 Å². The molecule has 10 heteroatoms. The maximum absolute atomic E-state index is 12.6. The average Bonchev–Trinajstić information content (AvgIpc) is 3.04. The van der Waals surface area contributed by atoms with Crippen molar-refractivity contribution in [3.8, 4) is 0 Å². The van der Waals surface area contributed by atoms with E-state index in [9.17, 15) is 19.2 Å². The van der Waals surface area contributed by atoms with Gasteiger partial charge in [-0.2, -0.15) is 0 Å². The number of methoxy groups -OCH3 is 1. The molecule has 1 saturated heterocycles. The third kappa shape index (κ3) is 4.59. The number of fused-ring (bicyclic) bond motifs is 2. The van der Waals surface area contributed by atoms with Gasteiger partial charge in [0.2, 0.25) is 0 Å². The van der Waals surface area contributed by atoms with Crippen molar-refractivity contribution in [2.75, 3.05) is 7.11 Å². The highest BCUT2D eigenvalue weighted by Gasteiger charge is 2.64. The van der Waals surface area contributed by atoms with E-state index in [1.165, 1.54) is 6.92 Å². The van der Waals surface area contributed by atoms with Gasteiger partial charge < -0.3 is 28.4 Å². The molecule has 3 fully saturated rings. The molecular weight excluding hydrogens is 436 g/mol. The van der Waals surface area contributed by atoms with Gasteiger partial charge in [-0.1, -0.05) is 20.8 Å². The second kappa shape index (κ2) is 9.21. The topological polar surface area (TPSA) is 124 Å². The summed E-state index contributed by atoms with van der Waals surface area (Å²) in [5.41, 5.74) is -0.132. The second-order valence-electron chi connectivity index (χ2n) is 9.91. The minimum atomic E-state index is -1.44. The Kier molecular flexibility index (Phi) is 7.10. The summed E-state index contributed by atoms with van der Waals surface area (Å²) in [6.45, 7) is 10.1. The van der Waals surface area contributed by atoms with Crippen LogP contribution in [0.3, 0.4) is 0 Å². The minimum Gasteiger partial charge on any atom is -0.467 e. The average molecular weight is 471 g/mol. The fourth-order valence-corrected chi connectivity index (χ4v) is 5.69. The zero-order valence-corrected chi connectivity index (χ0v) is 20.2. The Hall–Kier alpha value is -2.20. The molecule has 0 N–H and O–H groups in total. The number of carbonyl (C=O) groups excluding carboxylic acids is 4. The Balaban J connectivity index is 1.98. The Morgan fingerprint density at radius 2 is 1.39 bits per heavy atom. The molecule has 0 spiro atoms. The molecule has 0 aromatic rings. The van der Waals surface area contributed by atoms with Crippen molar-refractivity contribution in [2.24, 2.45) is 16.7 Å². The van der Waals surface area contributed by atoms with E-state index in [2.05, 4.69) is 20.8 Å². The molecule has 186 valence electrons. The highest BCUT2D eigenvalue weighted by atomic mass is 16.7. The first-order valence-corrected chi connectivity index (χ1v) is 11.2. The van der Waals surface area contributed by atoms with Gasteiger partial charge in [0.25, 0.3) is 0 Å². The molecule has 0 aromatic heterocycles. The lowest BCUT2D eigenvalue weighted by molar-refractivity contribution is -0.317. The summed E-state index contributed by atoms with van der Waals surface area (Å²) in [6, 6.07) is 0. The molecule has 1 heterocycles. The molecule has 0 radical (unpaired) electrons. The standard InChI is InChI=1S/C23H34O10/c1-11(24)29-16-17(30-12(2)25)19(31-13(3)26)21(33-18(16)20(27)28-7)32-15-10-14-8-9-23(15,6)22(14,4)5/h14-19,21H,8-10H2,1-7H3/t14-,15+,16-,17-,18-,19+,21-,23+/m0/s1. The van der Waals surface area contributed by atoms with Gasteiger partial charge in [0.15, 0.2) is 30.7 Å². The van der Waals surface area contributed by atoms with Crippen LogP contribution in [0.15, 0.2) is 0 Å². The maximum atomic E-state index is 12.6. The lowest BCUT2D eigenvalue weighted by Crippen LogP contribution is -2.64. The molecule has 2 saturated carbocycles. The summed E-state index contributed by atoms with van der Waals surface area (Å²) in [6.07, 6.45) is -4.08. The summed E-state index contributed by atoms with van der Waals surface area (Å²) >= 11 is 0. The predicted molar refractivity (Wildman–Crippen MR) is 111 cm³/mol. The van der Waals surface area contributed by atoms with Gasteiger partial charge in [-0.25, -0.2) is 4.79 Å². The van der Waals surface area contributed by atoms with Crippen molar-refractivity contribution in [2.45, 2.75) is 97.6 Å². The number of hydrogen-bond donors (Lipinski definition) is 0. The third-order valence-corrected chi connectivity index (χ3v) is 7.85. The molecule has 1 aliphatic heterocycles. The van der Waals surface area contributed by atoms with Gasteiger partial charge in [-0.15, -0.1) is 0 Å². The molecule has 0 aromatic carbocycles. The molecule has 3 rings (SSSR count). The minimum absolute atomic E-state index is 0.0283. The van der Waals surface area contributed by atoms with Crippen molar-refractivity contribution < 1.29 is 47.6 Å². The van der Waals surface area contributed by atoms with Crippen LogP contribution in [0.25, 0.3) is 0 Å². The van der Waals surface area contributed by atoms with Gasteiger partial charge in [-0.05, 0) is 36.0 Å². The van der Waals surface area contributed by atoms with Crippen molar-refractivity contribution in [1.29, 1.82) is 0 Å². The predicted octanol–water partition coefficient (Wildman–Crippen LogP) is 1.91. The van der Waals surface area contributed by atoms with E-state index in [1.807, 2.05) is 0 Å². The smallest absolute Gasteiger partial charge is 0.339 e. The second-order valence-corrected chi connectivity index (χ2v) is 9.91. The Labute approximate surface area is 193 Å². The molecule has 10 nitrogen and oxygen atoms in total. The van der Waals surface area contributed by atoms with Crippen LogP contribution in [0.5, 0.6) is 0 Å².